The Kier molecular flexibility index (Phi) is 5.84. The Labute approximate surface area is 158 Å². The summed E-state index contributed by atoms with van der Waals surface area (Å²) in [6.07, 6.45) is 3.96. The highest BCUT2D eigenvalue weighted by Crippen LogP contribution is 2.25. The van der Waals surface area contributed by atoms with E-state index in [1.54, 1.807) is 60.7 Å². The number of benzene rings is 3. The van der Waals surface area contributed by atoms with Gasteiger partial charge in [-0.15, -0.1) is 0 Å². The standard InChI is InChI=1S/C22H19FO3S/c23-20-11-7-17(8-12-20)5-6-18-9-13-21(14-10-18)27(25,26)22-4-2-1-3-19(22)15-16-24/h1-14,24H,15-16H2. The van der Waals surface area contributed by atoms with E-state index in [-0.39, 0.29) is 28.6 Å². The summed E-state index contributed by atoms with van der Waals surface area (Å²) >= 11 is 0. The Morgan fingerprint density at radius 1 is 0.815 bits per heavy atom. The van der Waals surface area contributed by atoms with Crippen molar-refractivity contribution in [3.8, 4) is 0 Å². The molecule has 3 aromatic carbocycles. The lowest BCUT2D eigenvalue weighted by molar-refractivity contribution is 0.298. The van der Waals surface area contributed by atoms with Gasteiger partial charge in [-0.1, -0.05) is 54.6 Å². The molecule has 0 amide bonds. The van der Waals surface area contributed by atoms with Gasteiger partial charge in [0.2, 0.25) is 9.84 Å². The van der Waals surface area contributed by atoms with E-state index in [2.05, 4.69) is 0 Å². The maximum atomic E-state index is 12.9. The highest BCUT2D eigenvalue weighted by atomic mass is 32.2. The summed E-state index contributed by atoms with van der Waals surface area (Å²) in [5.41, 5.74) is 2.29. The van der Waals surface area contributed by atoms with Crippen LogP contribution in [0.5, 0.6) is 0 Å². The summed E-state index contributed by atoms with van der Waals surface area (Å²) in [4.78, 5) is 0.417. The Morgan fingerprint density at radius 2 is 1.37 bits per heavy atom. The first-order valence-corrected chi connectivity index (χ1v) is 9.96. The quantitative estimate of drug-likeness (QED) is 0.645. The van der Waals surface area contributed by atoms with E-state index in [1.807, 2.05) is 12.2 Å². The first kappa shape index (κ1) is 19.0. The fourth-order valence-corrected chi connectivity index (χ4v) is 4.27. The van der Waals surface area contributed by atoms with Crippen molar-refractivity contribution in [3.05, 3.63) is 95.3 Å². The van der Waals surface area contributed by atoms with Crippen molar-refractivity contribution in [1.29, 1.82) is 0 Å². The van der Waals surface area contributed by atoms with Gasteiger partial charge in [0.15, 0.2) is 0 Å². The molecule has 3 nitrogen and oxygen atoms in total. The number of sulfone groups is 1. The molecule has 0 fully saturated rings. The van der Waals surface area contributed by atoms with Crippen molar-refractivity contribution < 1.29 is 17.9 Å². The minimum atomic E-state index is -3.66. The molecule has 27 heavy (non-hydrogen) atoms. The zero-order chi connectivity index (χ0) is 19.3. The largest absolute Gasteiger partial charge is 0.396 e. The van der Waals surface area contributed by atoms with Crippen LogP contribution in [0.25, 0.3) is 12.2 Å². The van der Waals surface area contributed by atoms with Crippen LogP contribution >= 0.6 is 0 Å². The van der Waals surface area contributed by atoms with Gasteiger partial charge in [0.25, 0.3) is 0 Å². The second-order valence-corrected chi connectivity index (χ2v) is 7.96. The van der Waals surface area contributed by atoms with Crippen LogP contribution in [0, 0.1) is 5.82 Å². The number of rotatable bonds is 6. The van der Waals surface area contributed by atoms with Crippen molar-refractivity contribution in [2.24, 2.45) is 0 Å². The molecule has 0 aliphatic rings. The van der Waals surface area contributed by atoms with Crippen LogP contribution in [-0.4, -0.2) is 20.1 Å². The summed E-state index contributed by atoms with van der Waals surface area (Å²) in [5, 5.41) is 9.16. The van der Waals surface area contributed by atoms with Gasteiger partial charge in [0.05, 0.1) is 9.79 Å². The Bertz CT molecular complexity index is 1040. The molecular formula is C22H19FO3S. The summed E-state index contributed by atoms with van der Waals surface area (Å²) in [5.74, 6) is -0.289. The van der Waals surface area contributed by atoms with E-state index in [1.165, 1.54) is 12.1 Å². The Hall–Kier alpha value is -2.76. The molecule has 3 aromatic rings. The minimum Gasteiger partial charge on any atom is -0.396 e. The van der Waals surface area contributed by atoms with Gasteiger partial charge in [-0.05, 0) is 53.4 Å². The first-order chi connectivity index (χ1) is 13.0. The smallest absolute Gasteiger partial charge is 0.206 e. The summed E-state index contributed by atoms with van der Waals surface area (Å²) in [7, 11) is -3.66. The van der Waals surface area contributed by atoms with Crippen LogP contribution in [0.15, 0.2) is 82.6 Å². The molecule has 0 aliphatic heterocycles. The molecule has 0 radical (unpaired) electrons. The number of halogens is 1. The van der Waals surface area contributed by atoms with Gasteiger partial charge in [-0.2, -0.15) is 0 Å². The van der Waals surface area contributed by atoms with E-state index in [4.69, 9.17) is 5.11 Å². The number of aliphatic hydroxyl groups is 1. The lowest BCUT2D eigenvalue weighted by Gasteiger charge is -2.10. The van der Waals surface area contributed by atoms with Gasteiger partial charge in [-0.3, -0.25) is 0 Å². The first-order valence-electron chi connectivity index (χ1n) is 8.48. The van der Waals surface area contributed by atoms with Crippen molar-refractivity contribution in [2.45, 2.75) is 16.2 Å². The minimum absolute atomic E-state index is 0.111. The van der Waals surface area contributed by atoms with Gasteiger partial charge in [0.1, 0.15) is 5.82 Å². The normalized spacial score (nSPS) is 11.8. The zero-order valence-electron chi connectivity index (χ0n) is 14.5. The average molecular weight is 382 g/mol. The highest BCUT2D eigenvalue weighted by molar-refractivity contribution is 7.91. The van der Waals surface area contributed by atoms with Crippen LogP contribution in [0.2, 0.25) is 0 Å². The lowest BCUT2D eigenvalue weighted by Crippen LogP contribution is -2.06. The molecule has 0 heterocycles. The molecular weight excluding hydrogens is 363 g/mol. The summed E-state index contributed by atoms with van der Waals surface area (Å²) in [6, 6.07) is 19.4. The molecule has 1 N–H and O–H groups in total. The van der Waals surface area contributed by atoms with Crippen LogP contribution in [0.4, 0.5) is 4.39 Å². The van der Waals surface area contributed by atoms with Crippen molar-refractivity contribution in [2.75, 3.05) is 6.61 Å². The van der Waals surface area contributed by atoms with Gasteiger partial charge in [-0.25, -0.2) is 12.8 Å². The molecule has 0 saturated carbocycles. The third-order valence-corrected chi connectivity index (χ3v) is 6.04. The second kappa shape index (κ2) is 8.29. The molecule has 0 aliphatic carbocycles. The second-order valence-electron chi connectivity index (χ2n) is 6.04. The topological polar surface area (TPSA) is 54.4 Å². The fourth-order valence-electron chi connectivity index (χ4n) is 2.74. The monoisotopic (exact) mass is 382 g/mol. The molecule has 0 bridgehead atoms. The highest BCUT2D eigenvalue weighted by Gasteiger charge is 2.20. The molecule has 3 rings (SSSR count). The maximum absolute atomic E-state index is 12.9. The molecule has 5 heteroatoms. The Morgan fingerprint density at radius 3 is 1.96 bits per heavy atom. The van der Waals surface area contributed by atoms with E-state index >= 15 is 0 Å². The van der Waals surface area contributed by atoms with Crippen molar-refractivity contribution >= 4 is 22.0 Å². The Balaban J connectivity index is 1.85. The molecule has 0 spiro atoms. The maximum Gasteiger partial charge on any atom is 0.206 e. The predicted molar refractivity (Wildman–Crippen MR) is 104 cm³/mol. The third kappa shape index (κ3) is 4.51. The zero-order valence-corrected chi connectivity index (χ0v) is 15.4. The summed E-state index contributed by atoms with van der Waals surface area (Å²) < 4.78 is 38.8. The van der Waals surface area contributed by atoms with E-state index in [0.717, 1.165) is 11.1 Å². The van der Waals surface area contributed by atoms with Crippen LogP contribution in [-0.2, 0) is 16.3 Å². The van der Waals surface area contributed by atoms with Crippen LogP contribution in [0.3, 0.4) is 0 Å². The van der Waals surface area contributed by atoms with Gasteiger partial charge in [0, 0.05) is 6.61 Å². The molecule has 0 saturated heterocycles. The number of hydrogen-bond donors (Lipinski definition) is 1. The van der Waals surface area contributed by atoms with Crippen LogP contribution in [0.1, 0.15) is 16.7 Å². The lowest BCUT2D eigenvalue weighted by atomic mass is 10.1. The van der Waals surface area contributed by atoms with E-state index in [0.29, 0.717) is 5.56 Å². The van der Waals surface area contributed by atoms with Gasteiger partial charge >= 0.3 is 0 Å². The third-order valence-electron chi connectivity index (χ3n) is 4.17. The van der Waals surface area contributed by atoms with E-state index in [9.17, 15) is 12.8 Å². The van der Waals surface area contributed by atoms with Crippen LogP contribution < -0.4 is 0 Å². The van der Waals surface area contributed by atoms with Gasteiger partial charge < -0.3 is 5.11 Å². The van der Waals surface area contributed by atoms with Crippen molar-refractivity contribution in [1.82, 2.24) is 0 Å². The van der Waals surface area contributed by atoms with Crippen molar-refractivity contribution in [3.63, 3.8) is 0 Å². The van der Waals surface area contributed by atoms with E-state index < -0.39 is 9.84 Å². The SMILES string of the molecule is O=S(=O)(c1ccc(C=Cc2ccc(F)cc2)cc1)c1ccccc1CCO. The molecule has 138 valence electrons. The number of hydrogen-bond acceptors (Lipinski definition) is 3. The summed E-state index contributed by atoms with van der Waals surface area (Å²) in [6.45, 7) is -0.111. The molecule has 0 aromatic heterocycles. The number of aliphatic hydroxyl groups excluding tert-OH is 1. The average Bonchev–Trinajstić information content (AvgIpc) is 2.68. The predicted octanol–water partition coefficient (Wildman–Crippen LogP) is 4.36. The fraction of sp³-hybridized carbons (Fsp3) is 0.0909. The molecule has 0 atom stereocenters. The molecule has 0 unspecified atom stereocenters.